The van der Waals surface area contributed by atoms with Gasteiger partial charge >= 0.3 is 0 Å². The summed E-state index contributed by atoms with van der Waals surface area (Å²) in [5.74, 6) is -0.0802. The van der Waals surface area contributed by atoms with Gasteiger partial charge in [-0.2, -0.15) is 0 Å². The zero-order chi connectivity index (χ0) is 10.2. The largest absolute Gasteiger partial charge is 0.303 e. The van der Waals surface area contributed by atoms with Crippen LogP contribution in [0.2, 0.25) is 0 Å². The molecule has 0 fully saturated rings. The molecule has 0 aromatic carbocycles. The van der Waals surface area contributed by atoms with E-state index in [1.54, 1.807) is 12.2 Å². The standard InChI is InChI=1S/C12H20FN/c1-2-9-14-10-5-3-4-7-12(13)8-6-11-14/h4,7-8H,2-3,5-6,9-11H2,1H3/b7-4?,12-8+. The molecule has 1 heterocycles. The Labute approximate surface area is 86.3 Å². The molecule has 14 heavy (non-hydrogen) atoms. The van der Waals surface area contributed by atoms with E-state index in [0.29, 0.717) is 0 Å². The lowest BCUT2D eigenvalue weighted by atomic mass is 10.2. The Hall–Kier alpha value is -0.630. The van der Waals surface area contributed by atoms with Gasteiger partial charge in [0, 0.05) is 6.54 Å². The third kappa shape index (κ3) is 4.56. The third-order valence-electron chi connectivity index (χ3n) is 2.45. The first-order valence-electron chi connectivity index (χ1n) is 5.57. The highest BCUT2D eigenvalue weighted by molar-refractivity contribution is 5.11. The van der Waals surface area contributed by atoms with E-state index in [1.807, 2.05) is 6.08 Å². The van der Waals surface area contributed by atoms with Crippen LogP contribution in [-0.2, 0) is 0 Å². The molecule has 0 aromatic rings. The van der Waals surface area contributed by atoms with E-state index < -0.39 is 0 Å². The van der Waals surface area contributed by atoms with Crippen LogP contribution in [0.5, 0.6) is 0 Å². The molecule has 0 aliphatic carbocycles. The van der Waals surface area contributed by atoms with Crippen molar-refractivity contribution in [2.24, 2.45) is 0 Å². The minimum Gasteiger partial charge on any atom is -0.303 e. The Morgan fingerprint density at radius 1 is 1.36 bits per heavy atom. The smallest absolute Gasteiger partial charge is 0.118 e. The van der Waals surface area contributed by atoms with Crippen LogP contribution in [0, 0.1) is 0 Å². The maximum atomic E-state index is 13.0. The van der Waals surface area contributed by atoms with Gasteiger partial charge in [0.05, 0.1) is 0 Å². The summed E-state index contributed by atoms with van der Waals surface area (Å²) in [6.45, 7) is 5.47. The first-order chi connectivity index (χ1) is 6.83. The average molecular weight is 197 g/mol. The van der Waals surface area contributed by atoms with Crippen molar-refractivity contribution in [2.75, 3.05) is 19.6 Å². The fraction of sp³-hybridized carbons (Fsp3) is 0.667. The Morgan fingerprint density at radius 2 is 2.21 bits per heavy atom. The van der Waals surface area contributed by atoms with E-state index in [4.69, 9.17) is 0 Å². The van der Waals surface area contributed by atoms with Crippen molar-refractivity contribution in [3.63, 3.8) is 0 Å². The van der Waals surface area contributed by atoms with Gasteiger partial charge in [-0.3, -0.25) is 0 Å². The van der Waals surface area contributed by atoms with Crippen LogP contribution in [0.25, 0.3) is 0 Å². The molecule has 0 radical (unpaired) electrons. The van der Waals surface area contributed by atoms with Gasteiger partial charge in [-0.25, -0.2) is 4.39 Å². The van der Waals surface area contributed by atoms with E-state index in [1.165, 1.54) is 6.42 Å². The number of rotatable bonds is 2. The monoisotopic (exact) mass is 197 g/mol. The summed E-state index contributed by atoms with van der Waals surface area (Å²) in [7, 11) is 0. The van der Waals surface area contributed by atoms with Gasteiger partial charge < -0.3 is 4.90 Å². The molecule has 1 aliphatic rings. The van der Waals surface area contributed by atoms with Gasteiger partial charge in [0.1, 0.15) is 5.83 Å². The van der Waals surface area contributed by atoms with Crippen LogP contribution < -0.4 is 0 Å². The van der Waals surface area contributed by atoms with Crippen LogP contribution >= 0.6 is 0 Å². The molecule has 0 saturated heterocycles. The van der Waals surface area contributed by atoms with Crippen LogP contribution in [0.1, 0.15) is 32.6 Å². The Morgan fingerprint density at radius 3 is 3.00 bits per heavy atom. The normalized spacial score (nSPS) is 24.3. The molecule has 0 bridgehead atoms. The lowest BCUT2D eigenvalue weighted by Gasteiger charge is -2.20. The number of nitrogens with zero attached hydrogens (tertiary/aromatic N) is 1. The van der Waals surface area contributed by atoms with E-state index in [9.17, 15) is 4.39 Å². The molecule has 1 rings (SSSR count). The highest BCUT2D eigenvalue weighted by Crippen LogP contribution is 2.07. The van der Waals surface area contributed by atoms with Crippen LogP contribution in [0.4, 0.5) is 4.39 Å². The molecule has 1 nitrogen and oxygen atoms in total. The predicted molar refractivity (Wildman–Crippen MR) is 58.9 cm³/mol. The Bertz CT molecular complexity index is 208. The molecule has 0 N–H and O–H groups in total. The maximum absolute atomic E-state index is 13.0. The fourth-order valence-corrected chi connectivity index (χ4v) is 1.73. The summed E-state index contributed by atoms with van der Waals surface area (Å²) < 4.78 is 13.0. The van der Waals surface area contributed by atoms with Crippen LogP contribution in [0.15, 0.2) is 24.1 Å². The molecule has 0 spiro atoms. The molecular weight excluding hydrogens is 177 g/mol. The maximum Gasteiger partial charge on any atom is 0.118 e. The zero-order valence-electron chi connectivity index (χ0n) is 9.01. The van der Waals surface area contributed by atoms with Crippen molar-refractivity contribution in [1.82, 2.24) is 4.90 Å². The second-order valence-electron chi connectivity index (χ2n) is 3.76. The summed E-state index contributed by atoms with van der Waals surface area (Å²) >= 11 is 0. The first-order valence-corrected chi connectivity index (χ1v) is 5.57. The van der Waals surface area contributed by atoms with Gasteiger partial charge in [0.15, 0.2) is 0 Å². The van der Waals surface area contributed by atoms with Crippen molar-refractivity contribution in [3.8, 4) is 0 Å². The van der Waals surface area contributed by atoms with Crippen molar-refractivity contribution in [2.45, 2.75) is 32.6 Å². The zero-order valence-corrected chi connectivity index (χ0v) is 9.01. The summed E-state index contributed by atoms with van der Waals surface area (Å²) in [6.07, 6.45) is 9.35. The van der Waals surface area contributed by atoms with Crippen molar-refractivity contribution >= 4 is 0 Å². The molecule has 0 unspecified atom stereocenters. The molecule has 0 amide bonds. The molecule has 1 aliphatic heterocycles. The summed E-state index contributed by atoms with van der Waals surface area (Å²) in [4.78, 5) is 2.42. The second-order valence-corrected chi connectivity index (χ2v) is 3.76. The lowest BCUT2D eigenvalue weighted by Crippen LogP contribution is -2.26. The lowest BCUT2D eigenvalue weighted by molar-refractivity contribution is 0.276. The topological polar surface area (TPSA) is 3.24 Å². The minimum atomic E-state index is -0.0802. The van der Waals surface area contributed by atoms with E-state index in [2.05, 4.69) is 11.8 Å². The predicted octanol–water partition coefficient (Wildman–Crippen LogP) is 3.29. The number of hydrogen-bond acceptors (Lipinski definition) is 1. The number of allylic oxidation sites excluding steroid dienone is 3. The van der Waals surface area contributed by atoms with Gasteiger partial charge in [-0.05, 0) is 50.9 Å². The Kier molecular flexibility index (Phi) is 5.53. The highest BCUT2D eigenvalue weighted by Gasteiger charge is 2.03. The van der Waals surface area contributed by atoms with Gasteiger partial charge in [0.25, 0.3) is 0 Å². The fourth-order valence-electron chi connectivity index (χ4n) is 1.73. The molecule has 0 atom stereocenters. The van der Waals surface area contributed by atoms with Crippen LogP contribution in [-0.4, -0.2) is 24.5 Å². The molecule has 0 saturated carbocycles. The summed E-state index contributed by atoms with van der Waals surface area (Å²) in [5.41, 5.74) is 0. The van der Waals surface area contributed by atoms with E-state index in [-0.39, 0.29) is 5.83 Å². The summed E-state index contributed by atoms with van der Waals surface area (Å²) in [5, 5.41) is 0. The van der Waals surface area contributed by atoms with Crippen molar-refractivity contribution in [3.05, 3.63) is 24.1 Å². The molecule has 0 aromatic heterocycles. The second kappa shape index (κ2) is 6.77. The molecule has 2 heteroatoms. The third-order valence-corrected chi connectivity index (χ3v) is 2.45. The van der Waals surface area contributed by atoms with E-state index >= 15 is 0 Å². The molecular formula is C12H20FN. The summed E-state index contributed by atoms with van der Waals surface area (Å²) in [6, 6.07) is 0. The van der Waals surface area contributed by atoms with Gasteiger partial charge in [-0.1, -0.05) is 13.0 Å². The highest BCUT2D eigenvalue weighted by atomic mass is 19.1. The quantitative estimate of drug-likeness (QED) is 0.656. The van der Waals surface area contributed by atoms with E-state index in [0.717, 1.165) is 38.9 Å². The van der Waals surface area contributed by atoms with Crippen LogP contribution in [0.3, 0.4) is 0 Å². The first kappa shape index (κ1) is 11.4. The van der Waals surface area contributed by atoms with Gasteiger partial charge in [0.2, 0.25) is 0 Å². The molecule has 80 valence electrons. The minimum absolute atomic E-state index is 0.0802. The average Bonchev–Trinajstić information content (AvgIpc) is 2.17. The van der Waals surface area contributed by atoms with Crippen molar-refractivity contribution < 1.29 is 4.39 Å². The van der Waals surface area contributed by atoms with Gasteiger partial charge in [-0.15, -0.1) is 0 Å². The Balaban J connectivity index is 2.44. The SMILES string of the molecule is CCCN1CC/C=C(/F)C=CCCC1. The number of halogens is 1. The van der Waals surface area contributed by atoms with Crippen molar-refractivity contribution in [1.29, 1.82) is 0 Å². The number of hydrogen-bond donors (Lipinski definition) is 0.